The number of amides is 1. The average Bonchev–Trinajstić information content (AvgIpc) is 2.63. The third kappa shape index (κ3) is 4.60. The number of nitrogens with one attached hydrogen (secondary N) is 2. The van der Waals surface area contributed by atoms with Crippen molar-refractivity contribution in [1.82, 2.24) is 10.6 Å². The Morgan fingerprint density at radius 2 is 2.12 bits per heavy atom. The van der Waals surface area contributed by atoms with Gasteiger partial charge in [0.25, 0.3) is 0 Å². The summed E-state index contributed by atoms with van der Waals surface area (Å²) in [5, 5.41) is 14.6. The fraction of sp³-hybridized carbons (Fsp3) is 0.818. The Hall–Kier alpha value is -1.30. The molecule has 1 heterocycles. The summed E-state index contributed by atoms with van der Waals surface area (Å²) in [7, 11) is 0. The minimum absolute atomic E-state index is 0.0833. The third-order valence-electron chi connectivity index (χ3n) is 2.51. The maximum Gasteiger partial charge on any atom is 0.408 e. The Bertz CT molecular complexity index is 292. The van der Waals surface area contributed by atoms with Crippen LogP contribution in [0.2, 0.25) is 0 Å². The van der Waals surface area contributed by atoms with Gasteiger partial charge in [-0.3, -0.25) is 0 Å². The van der Waals surface area contributed by atoms with Crippen LogP contribution in [-0.4, -0.2) is 41.9 Å². The first kappa shape index (κ1) is 13.8. The molecule has 1 rings (SSSR count). The molecule has 0 aromatic heterocycles. The van der Waals surface area contributed by atoms with E-state index in [0.717, 1.165) is 13.0 Å². The van der Waals surface area contributed by atoms with E-state index in [9.17, 15) is 9.59 Å². The largest absolute Gasteiger partial charge is 0.480 e. The Kier molecular flexibility index (Phi) is 4.34. The maximum absolute atomic E-state index is 11.5. The van der Waals surface area contributed by atoms with Gasteiger partial charge in [-0.2, -0.15) is 0 Å². The molecule has 0 radical (unpaired) electrons. The predicted molar refractivity (Wildman–Crippen MR) is 61.8 cm³/mol. The van der Waals surface area contributed by atoms with E-state index >= 15 is 0 Å². The number of rotatable bonds is 3. The Labute approximate surface area is 101 Å². The van der Waals surface area contributed by atoms with Crippen molar-refractivity contribution < 1.29 is 19.4 Å². The van der Waals surface area contributed by atoms with Gasteiger partial charge in [0.15, 0.2) is 0 Å². The lowest BCUT2D eigenvalue weighted by atomic mass is 9.99. The number of alkyl carbamates (subject to hydrolysis) is 1. The standard InChI is InChI=1S/C11H20N2O4/c1-11(2,3)17-10(16)13-8(9(14)15)7-4-5-12-6-7/h7-8,12H,4-6H2,1-3H3,(H,13,16)(H,14,15)/t7-,8-/m0/s1. The number of hydrogen-bond donors (Lipinski definition) is 3. The second-order valence-electron chi connectivity index (χ2n) is 5.22. The van der Waals surface area contributed by atoms with Crippen molar-refractivity contribution in [3.8, 4) is 0 Å². The van der Waals surface area contributed by atoms with Crippen molar-refractivity contribution in [3.05, 3.63) is 0 Å². The van der Waals surface area contributed by atoms with Crippen molar-refractivity contribution in [2.24, 2.45) is 5.92 Å². The molecule has 1 fully saturated rings. The van der Waals surface area contributed by atoms with E-state index in [2.05, 4.69) is 10.6 Å². The molecule has 2 atom stereocenters. The molecule has 1 aliphatic heterocycles. The molecule has 1 amide bonds. The van der Waals surface area contributed by atoms with Gasteiger partial charge >= 0.3 is 12.1 Å². The zero-order valence-corrected chi connectivity index (χ0v) is 10.4. The molecule has 0 spiro atoms. The summed E-state index contributed by atoms with van der Waals surface area (Å²) in [6.45, 7) is 6.59. The molecule has 0 aromatic carbocycles. The van der Waals surface area contributed by atoms with Crippen LogP contribution in [0.1, 0.15) is 27.2 Å². The van der Waals surface area contributed by atoms with E-state index in [0.29, 0.717) is 6.54 Å². The number of ether oxygens (including phenoxy) is 1. The highest BCUT2D eigenvalue weighted by Gasteiger charge is 2.33. The van der Waals surface area contributed by atoms with Gasteiger partial charge in [0, 0.05) is 12.5 Å². The number of hydrogen-bond acceptors (Lipinski definition) is 4. The summed E-state index contributed by atoms with van der Waals surface area (Å²) < 4.78 is 5.04. The fourth-order valence-electron chi connectivity index (χ4n) is 1.78. The predicted octanol–water partition coefficient (Wildman–Crippen LogP) is 0.574. The molecule has 1 saturated heterocycles. The molecule has 0 bridgehead atoms. The van der Waals surface area contributed by atoms with Crippen molar-refractivity contribution >= 4 is 12.1 Å². The Morgan fingerprint density at radius 3 is 2.53 bits per heavy atom. The Morgan fingerprint density at radius 1 is 1.47 bits per heavy atom. The van der Waals surface area contributed by atoms with Crippen LogP contribution in [0.5, 0.6) is 0 Å². The molecule has 0 aliphatic carbocycles. The normalized spacial score (nSPS) is 21.9. The first-order valence-electron chi connectivity index (χ1n) is 5.72. The van der Waals surface area contributed by atoms with E-state index in [4.69, 9.17) is 9.84 Å². The third-order valence-corrected chi connectivity index (χ3v) is 2.51. The summed E-state index contributed by atoms with van der Waals surface area (Å²) in [6.07, 6.45) is 0.0593. The van der Waals surface area contributed by atoms with Gasteiger partial charge in [-0.05, 0) is 33.7 Å². The highest BCUT2D eigenvalue weighted by atomic mass is 16.6. The van der Waals surface area contributed by atoms with E-state index in [-0.39, 0.29) is 5.92 Å². The summed E-state index contributed by atoms with van der Waals surface area (Å²) >= 11 is 0. The molecule has 3 N–H and O–H groups in total. The molecule has 0 aromatic rings. The first-order valence-corrected chi connectivity index (χ1v) is 5.72. The van der Waals surface area contributed by atoms with Gasteiger partial charge in [0.2, 0.25) is 0 Å². The summed E-state index contributed by atoms with van der Waals surface area (Å²) in [6, 6.07) is -0.889. The molecular weight excluding hydrogens is 224 g/mol. The van der Waals surface area contributed by atoms with Gasteiger partial charge in [-0.1, -0.05) is 0 Å². The van der Waals surface area contributed by atoms with E-state index in [1.165, 1.54) is 0 Å². The summed E-state index contributed by atoms with van der Waals surface area (Å²) in [5.74, 6) is -1.11. The van der Waals surface area contributed by atoms with Crippen LogP contribution in [0.25, 0.3) is 0 Å². The van der Waals surface area contributed by atoms with Crippen LogP contribution < -0.4 is 10.6 Å². The van der Waals surface area contributed by atoms with Crippen molar-refractivity contribution in [1.29, 1.82) is 0 Å². The van der Waals surface area contributed by atoms with Crippen LogP contribution in [0.15, 0.2) is 0 Å². The van der Waals surface area contributed by atoms with Crippen LogP contribution in [-0.2, 0) is 9.53 Å². The smallest absolute Gasteiger partial charge is 0.408 e. The number of carboxylic acid groups (broad SMARTS) is 1. The molecule has 17 heavy (non-hydrogen) atoms. The second kappa shape index (κ2) is 5.35. The lowest BCUT2D eigenvalue weighted by molar-refractivity contribution is -0.140. The van der Waals surface area contributed by atoms with E-state index < -0.39 is 23.7 Å². The van der Waals surface area contributed by atoms with Crippen LogP contribution in [0, 0.1) is 5.92 Å². The molecular formula is C11H20N2O4. The van der Waals surface area contributed by atoms with Crippen molar-refractivity contribution in [2.75, 3.05) is 13.1 Å². The van der Waals surface area contributed by atoms with E-state index in [1.807, 2.05) is 0 Å². The molecule has 6 heteroatoms. The number of carbonyl (C=O) groups is 2. The quantitative estimate of drug-likeness (QED) is 0.675. The zero-order chi connectivity index (χ0) is 13.1. The lowest BCUT2D eigenvalue weighted by Crippen LogP contribution is -2.48. The first-order chi connectivity index (χ1) is 7.79. The SMILES string of the molecule is CC(C)(C)OC(=O)N[C@H](C(=O)O)[C@H]1CCNC1. The average molecular weight is 244 g/mol. The maximum atomic E-state index is 11.5. The van der Waals surface area contributed by atoms with Gasteiger partial charge < -0.3 is 20.5 Å². The molecule has 0 saturated carbocycles. The van der Waals surface area contributed by atoms with Gasteiger partial charge in [-0.25, -0.2) is 9.59 Å². The van der Waals surface area contributed by atoms with Crippen LogP contribution in [0.3, 0.4) is 0 Å². The number of carbonyl (C=O) groups excluding carboxylic acids is 1. The molecule has 0 unspecified atom stereocenters. The zero-order valence-electron chi connectivity index (χ0n) is 10.4. The van der Waals surface area contributed by atoms with Gasteiger partial charge in [-0.15, -0.1) is 0 Å². The highest BCUT2D eigenvalue weighted by molar-refractivity contribution is 5.80. The fourth-order valence-corrected chi connectivity index (χ4v) is 1.78. The van der Waals surface area contributed by atoms with Gasteiger partial charge in [0.1, 0.15) is 11.6 Å². The molecule has 98 valence electrons. The minimum atomic E-state index is -1.02. The summed E-state index contributed by atoms with van der Waals surface area (Å²) in [4.78, 5) is 22.6. The van der Waals surface area contributed by atoms with Crippen LogP contribution in [0.4, 0.5) is 4.79 Å². The molecule has 1 aliphatic rings. The van der Waals surface area contributed by atoms with Gasteiger partial charge in [0.05, 0.1) is 0 Å². The monoisotopic (exact) mass is 244 g/mol. The minimum Gasteiger partial charge on any atom is -0.480 e. The van der Waals surface area contributed by atoms with Crippen molar-refractivity contribution in [2.45, 2.75) is 38.8 Å². The highest BCUT2D eigenvalue weighted by Crippen LogP contribution is 2.14. The van der Waals surface area contributed by atoms with E-state index in [1.54, 1.807) is 20.8 Å². The molecule has 6 nitrogen and oxygen atoms in total. The lowest BCUT2D eigenvalue weighted by Gasteiger charge is -2.24. The number of carboxylic acids is 1. The Balaban J connectivity index is 2.55. The number of aliphatic carboxylic acids is 1. The van der Waals surface area contributed by atoms with Crippen molar-refractivity contribution in [3.63, 3.8) is 0 Å². The topological polar surface area (TPSA) is 87.7 Å². The van der Waals surface area contributed by atoms with Crippen LogP contribution >= 0.6 is 0 Å². The summed E-state index contributed by atoms with van der Waals surface area (Å²) in [5.41, 5.74) is -0.624. The second-order valence-corrected chi connectivity index (χ2v) is 5.22.